The number of halogens is 1. The molecule has 0 spiro atoms. The number of carbonyl (C=O) groups is 1. The number of piperidine rings is 1. The summed E-state index contributed by atoms with van der Waals surface area (Å²) in [6.07, 6.45) is 1.48. The molecule has 0 bridgehead atoms. The van der Waals surface area contributed by atoms with Gasteiger partial charge in [0.05, 0.1) is 23.3 Å². The Bertz CT molecular complexity index is 1050. The van der Waals surface area contributed by atoms with Crippen LogP contribution in [0, 0.1) is 5.92 Å². The van der Waals surface area contributed by atoms with E-state index in [-0.39, 0.29) is 23.6 Å². The van der Waals surface area contributed by atoms with Crippen LogP contribution in [-0.4, -0.2) is 58.2 Å². The van der Waals surface area contributed by atoms with Crippen molar-refractivity contribution in [3.05, 3.63) is 23.2 Å². The van der Waals surface area contributed by atoms with Crippen molar-refractivity contribution in [2.24, 2.45) is 11.0 Å². The third-order valence-corrected chi connectivity index (χ3v) is 7.42. The zero-order valence-electron chi connectivity index (χ0n) is 18.9. The van der Waals surface area contributed by atoms with Crippen LogP contribution in [0.4, 0.5) is 9.93 Å². The Labute approximate surface area is 197 Å². The van der Waals surface area contributed by atoms with Crippen molar-refractivity contribution < 1.29 is 14.6 Å². The molecule has 8 nitrogen and oxygen atoms in total. The Hall–Kier alpha value is -2.23. The molecule has 172 valence electrons. The molecular weight excluding hydrogens is 450 g/mol. The monoisotopic (exact) mass is 477 g/mol. The number of quaternary nitrogens is 1. The number of rotatable bonds is 4. The van der Waals surface area contributed by atoms with E-state index in [9.17, 15) is 9.90 Å². The maximum absolute atomic E-state index is 11.4. The van der Waals surface area contributed by atoms with Crippen LogP contribution in [0.15, 0.2) is 23.3 Å². The largest absolute Gasteiger partial charge is 0.530 e. The third-order valence-electron chi connectivity index (χ3n) is 6.07. The fourth-order valence-electron chi connectivity index (χ4n) is 4.62. The van der Waals surface area contributed by atoms with Crippen molar-refractivity contribution in [3.8, 4) is 16.3 Å². The number of aromatic nitrogens is 2. The van der Waals surface area contributed by atoms with Gasteiger partial charge >= 0.3 is 5.13 Å². The highest BCUT2D eigenvalue weighted by Gasteiger charge is 2.59. The minimum Gasteiger partial charge on any atom is -0.530 e. The van der Waals surface area contributed by atoms with Gasteiger partial charge in [-0.2, -0.15) is 0 Å². The summed E-state index contributed by atoms with van der Waals surface area (Å²) >= 11 is 7.93. The number of amides is 1. The van der Waals surface area contributed by atoms with Gasteiger partial charge in [0.2, 0.25) is 0 Å². The van der Waals surface area contributed by atoms with Crippen molar-refractivity contribution in [1.82, 2.24) is 19.7 Å². The smallest absolute Gasteiger partial charge is 0.334 e. The highest BCUT2D eigenvalue weighted by atomic mass is 35.5. The van der Waals surface area contributed by atoms with Gasteiger partial charge in [0, 0.05) is 25.1 Å². The van der Waals surface area contributed by atoms with E-state index in [0.29, 0.717) is 34.9 Å². The molecule has 0 N–H and O–H groups in total. The Morgan fingerprint density at radius 3 is 2.72 bits per heavy atom. The second kappa shape index (κ2) is 8.28. The second-order valence-corrected chi connectivity index (χ2v) is 10.9. The lowest BCUT2D eigenvalue weighted by atomic mass is 9.89. The molecule has 1 aromatic heterocycles. The van der Waals surface area contributed by atoms with Crippen molar-refractivity contribution in [2.45, 2.75) is 58.7 Å². The number of nitrogens with zero attached hydrogens (tertiary/aromatic N) is 5. The lowest BCUT2D eigenvalue weighted by Crippen LogP contribution is -2.66. The van der Waals surface area contributed by atoms with Gasteiger partial charge in [-0.3, -0.25) is 0 Å². The van der Waals surface area contributed by atoms with Gasteiger partial charge in [0.15, 0.2) is 5.01 Å². The van der Waals surface area contributed by atoms with Crippen molar-refractivity contribution in [1.29, 1.82) is 0 Å². The molecule has 3 atom stereocenters. The number of carbonyl (C=O) groups excluding carboxylic acids is 1. The molecule has 1 saturated heterocycles. The topological polar surface area (TPSA) is 90.7 Å². The van der Waals surface area contributed by atoms with Gasteiger partial charge < -0.3 is 19.5 Å². The van der Waals surface area contributed by atoms with Crippen LogP contribution in [-0.2, 0) is 0 Å². The number of hydrogen-bond acceptors (Lipinski definition) is 7. The standard InChI is InChI=1S/C22H28ClN5O3S/c1-13(2)31-18-7-6-14(10-16(18)23)19-25-26-20(32-19)28(22(3,4)5)17-8-9-27(21(29)30)12-15(17)11-24-28/h6-7,10-11,13,15,17H,8-9,12H2,1-5H3. The minimum absolute atomic E-state index is 0.00938. The number of ether oxygens (including phenoxy) is 1. The molecule has 3 heterocycles. The summed E-state index contributed by atoms with van der Waals surface area (Å²) in [5.41, 5.74) is 0.580. The number of benzene rings is 1. The maximum atomic E-state index is 11.4. The summed E-state index contributed by atoms with van der Waals surface area (Å²) in [5, 5.41) is 27.4. The Kier molecular flexibility index (Phi) is 5.94. The zero-order valence-corrected chi connectivity index (χ0v) is 20.5. The Balaban J connectivity index is 1.68. The highest BCUT2D eigenvalue weighted by Crippen LogP contribution is 2.47. The molecule has 1 aromatic carbocycles. The Morgan fingerprint density at radius 2 is 2.09 bits per heavy atom. The van der Waals surface area contributed by atoms with E-state index >= 15 is 0 Å². The van der Waals surface area contributed by atoms with Crippen LogP contribution in [0.1, 0.15) is 41.0 Å². The van der Waals surface area contributed by atoms with Crippen LogP contribution in [0.25, 0.3) is 10.6 Å². The van der Waals surface area contributed by atoms with E-state index in [0.717, 1.165) is 15.7 Å². The molecule has 0 radical (unpaired) electrons. The first-order valence-corrected chi connectivity index (χ1v) is 11.9. The first-order chi connectivity index (χ1) is 15.0. The molecule has 10 heteroatoms. The lowest BCUT2D eigenvalue weighted by molar-refractivity contribution is -0.267. The van der Waals surface area contributed by atoms with Gasteiger partial charge in [0.1, 0.15) is 23.4 Å². The van der Waals surface area contributed by atoms with Gasteiger partial charge in [0.25, 0.3) is 0 Å². The predicted octanol–water partition coefficient (Wildman–Crippen LogP) is 3.78. The van der Waals surface area contributed by atoms with Crippen molar-refractivity contribution >= 4 is 40.4 Å². The first kappa shape index (κ1) is 22.9. The molecule has 0 saturated carbocycles. The predicted molar refractivity (Wildman–Crippen MR) is 125 cm³/mol. The minimum atomic E-state index is -1.13. The summed E-state index contributed by atoms with van der Waals surface area (Å²) in [6.45, 7) is 11.1. The zero-order chi connectivity index (χ0) is 23.3. The molecule has 2 aliphatic heterocycles. The average molecular weight is 478 g/mol. The fraction of sp³-hybridized carbons (Fsp3) is 0.545. The lowest BCUT2D eigenvalue weighted by Gasteiger charge is -2.46. The highest BCUT2D eigenvalue weighted by molar-refractivity contribution is 7.18. The van der Waals surface area contributed by atoms with E-state index in [1.54, 1.807) is 0 Å². The number of fused-ring (bicyclic) bond motifs is 1. The first-order valence-electron chi connectivity index (χ1n) is 10.7. The number of carboxylic acid groups (broad SMARTS) is 1. The van der Waals surface area contributed by atoms with Gasteiger partial charge in [-0.1, -0.05) is 21.8 Å². The second-order valence-electron chi connectivity index (χ2n) is 9.55. The molecule has 4 rings (SSSR count). The maximum Gasteiger partial charge on any atom is 0.334 e. The summed E-state index contributed by atoms with van der Waals surface area (Å²) in [4.78, 5) is 12.7. The van der Waals surface area contributed by atoms with Gasteiger partial charge in [-0.05, 0) is 64.2 Å². The van der Waals surface area contributed by atoms with E-state index in [1.165, 1.54) is 16.2 Å². The summed E-state index contributed by atoms with van der Waals surface area (Å²) in [7, 11) is 0. The molecular formula is C22H28ClN5O3S. The molecule has 1 fully saturated rings. The molecule has 3 unspecified atom stereocenters. The molecule has 0 aliphatic carbocycles. The quantitative estimate of drug-likeness (QED) is 0.625. The summed E-state index contributed by atoms with van der Waals surface area (Å²) in [6, 6.07) is 5.73. The molecule has 2 aromatic rings. The summed E-state index contributed by atoms with van der Waals surface area (Å²) in [5.74, 6) is 0.648. The van der Waals surface area contributed by atoms with E-state index in [1.807, 2.05) is 38.3 Å². The van der Waals surface area contributed by atoms with E-state index in [4.69, 9.17) is 21.4 Å². The molecule has 32 heavy (non-hydrogen) atoms. The van der Waals surface area contributed by atoms with Crippen molar-refractivity contribution in [3.63, 3.8) is 0 Å². The SMILES string of the molecule is CC(C)Oc1ccc(-c2nnc([N+]3(C(C)(C)C)N=CC4CN(C(=O)[O-])CCC43)s2)cc1Cl. The Morgan fingerprint density at radius 1 is 1.34 bits per heavy atom. The fourth-order valence-corrected chi connectivity index (χ4v) is 6.03. The number of hydrogen-bond donors (Lipinski definition) is 0. The van der Waals surface area contributed by atoms with Crippen LogP contribution in [0.3, 0.4) is 0 Å². The van der Waals surface area contributed by atoms with Crippen LogP contribution in [0.5, 0.6) is 5.75 Å². The van der Waals surface area contributed by atoms with Crippen molar-refractivity contribution in [2.75, 3.05) is 13.1 Å². The van der Waals surface area contributed by atoms with Crippen LogP contribution < -0.4 is 14.4 Å². The summed E-state index contributed by atoms with van der Waals surface area (Å²) < 4.78 is 6.03. The average Bonchev–Trinajstić information content (AvgIpc) is 3.33. The third kappa shape index (κ3) is 3.86. The number of likely N-dealkylation sites (tertiary alicyclic amines) is 1. The molecule has 2 aliphatic rings. The van der Waals surface area contributed by atoms with Gasteiger partial charge in [-0.15, -0.1) is 9.69 Å². The van der Waals surface area contributed by atoms with E-state index in [2.05, 4.69) is 31.0 Å². The van der Waals surface area contributed by atoms with Crippen LogP contribution >= 0.6 is 22.9 Å². The normalized spacial score (nSPS) is 25.3. The molecule has 1 amide bonds. The van der Waals surface area contributed by atoms with Crippen LogP contribution in [0.2, 0.25) is 5.02 Å². The van der Waals surface area contributed by atoms with E-state index < -0.39 is 6.09 Å². The van der Waals surface area contributed by atoms with Gasteiger partial charge in [-0.25, -0.2) is 0 Å².